The van der Waals surface area contributed by atoms with E-state index < -0.39 is 0 Å². The summed E-state index contributed by atoms with van der Waals surface area (Å²) in [6.07, 6.45) is 2.04. The molecule has 0 aliphatic heterocycles. The highest BCUT2D eigenvalue weighted by molar-refractivity contribution is 9.11. The molecule has 0 aliphatic carbocycles. The van der Waals surface area contributed by atoms with Crippen LogP contribution >= 0.6 is 31.9 Å². The zero-order valence-electron chi connectivity index (χ0n) is 12.1. The summed E-state index contributed by atoms with van der Waals surface area (Å²) in [5.74, 6) is 1.76. The van der Waals surface area contributed by atoms with Gasteiger partial charge in [-0.15, -0.1) is 0 Å². The molecule has 0 radical (unpaired) electrons. The molecule has 4 heteroatoms. The van der Waals surface area contributed by atoms with Crippen molar-refractivity contribution in [3.8, 4) is 11.5 Å². The minimum atomic E-state index is 0.305. The third-order valence-electron chi connectivity index (χ3n) is 3.39. The minimum Gasteiger partial charge on any atom is -0.497 e. The summed E-state index contributed by atoms with van der Waals surface area (Å²) in [4.78, 5) is 0.305. The van der Waals surface area contributed by atoms with E-state index in [2.05, 4.69) is 50.1 Å². The van der Waals surface area contributed by atoms with E-state index >= 15 is 0 Å². The van der Waals surface area contributed by atoms with Gasteiger partial charge < -0.3 is 9.47 Å². The van der Waals surface area contributed by atoms with Crippen molar-refractivity contribution in [2.75, 3.05) is 14.2 Å². The normalized spacial score (nSPS) is 12.0. The maximum absolute atomic E-state index is 5.22. The van der Waals surface area contributed by atoms with Gasteiger partial charge in [-0.05, 0) is 48.2 Å². The maximum Gasteiger partial charge on any atom is 0.120 e. The highest BCUT2D eigenvalue weighted by Gasteiger charge is 2.12. The van der Waals surface area contributed by atoms with E-state index in [1.54, 1.807) is 14.2 Å². The lowest BCUT2D eigenvalue weighted by Gasteiger charge is -2.13. The van der Waals surface area contributed by atoms with Crippen molar-refractivity contribution in [1.29, 1.82) is 0 Å². The third-order valence-corrected chi connectivity index (χ3v) is 5.03. The van der Waals surface area contributed by atoms with Gasteiger partial charge in [0.25, 0.3) is 0 Å². The maximum atomic E-state index is 5.22. The quantitative estimate of drug-likeness (QED) is 0.579. The highest BCUT2D eigenvalue weighted by Crippen LogP contribution is 2.35. The summed E-state index contributed by atoms with van der Waals surface area (Å²) >= 11 is 7.38. The Morgan fingerprint density at radius 3 is 2.14 bits per heavy atom. The first-order chi connectivity index (χ1) is 10.1. The van der Waals surface area contributed by atoms with E-state index in [1.165, 1.54) is 11.1 Å². The molecular formula is C17H18Br2O2. The van der Waals surface area contributed by atoms with Crippen molar-refractivity contribution in [3.05, 3.63) is 58.1 Å². The smallest absolute Gasteiger partial charge is 0.120 e. The largest absolute Gasteiger partial charge is 0.497 e. The molecule has 0 fully saturated rings. The van der Waals surface area contributed by atoms with Crippen LogP contribution in [-0.4, -0.2) is 14.2 Å². The van der Waals surface area contributed by atoms with Gasteiger partial charge in [-0.25, -0.2) is 0 Å². The predicted molar refractivity (Wildman–Crippen MR) is 93.7 cm³/mol. The number of methoxy groups -OCH3 is 2. The lowest BCUT2D eigenvalue weighted by atomic mass is 10.0. The average molecular weight is 414 g/mol. The van der Waals surface area contributed by atoms with Crippen molar-refractivity contribution in [1.82, 2.24) is 0 Å². The summed E-state index contributed by atoms with van der Waals surface area (Å²) in [6.45, 7) is 0. The summed E-state index contributed by atoms with van der Waals surface area (Å²) in [6, 6.07) is 14.3. The lowest BCUT2D eigenvalue weighted by Crippen LogP contribution is -1.96. The first kappa shape index (κ1) is 16.4. The third kappa shape index (κ3) is 4.48. The molecule has 2 aromatic carbocycles. The lowest BCUT2D eigenvalue weighted by molar-refractivity contribution is 0.414. The Morgan fingerprint density at radius 2 is 1.57 bits per heavy atom. The Bertz CT molecular complexity index is 582. The van der Waals surface area contributed by atoms with Gasteiger partial charge in [0.2, 0.25) is 0 Å². The van der Waals surface area contributed by atoms with Crippen LogP contribution in [0.2, 0.25) is 0 Å². The number of benzene rings is 2. The number of alkyl halides is 1. The number of rotatable bonds is 6. The first-order valence-electron chi connectivity index (χ1n) is 6.74. The molecule has 0 bridgehead atoms. The Kier molecular flexibility index (Phi) is 6.12. The molecule has 0 aliphatic rings. The van der Waals surface area contributed by atoms with Crippen LogP contribution in [0.1, 0.15) is 22.4 Å². The molecule has 0 aromatic heterocycles. The number of ether oxygens (including phenoxy) is 2. The molecule has 0 saturated carbocycles. The van der Waals surface area contributed by atoms with Crippen LogP contribution in [0.4, 0.5) is 0 Å². The molecule has 112 valence electrons. The van der Waals surface area contributed by atoms with Gasteiger partial charge in [-0.3, -0.25) is 0 Å². The van der Waals surface area contributed by atoms with E-state index in [0.29, 0.717) is 4.83 Å². The van der Waals surface area contributed by atoms with Crippen LogP contribution in [0.15, 0.2) is 46.9 Å². The molecule has 2 nitrogen and oxygen atoms in total. The zero-order valence-corrected chi connectivity index (χ0v) is 15.3. The Labute approximate surface area is 142 Å². The fourth-order valence-electron chi connectivity index (χ4n) is 2.13. The second-order valence-corrected chi connectivity index (χ2v) is 6.70. The standard InChI is InChI=1S/C17H18Br2O2/c1-20-13-6-3-12(4-7-13)5-10-16(18)15-9-8-14(21-2)11-17(15)19/h3-4,6-9,11,16H,5,10H2,1-2H3. The Hall–Kier alpha value is -1.00. The number of hydrogen-bond acceptors (Lipinski definition) is 2. The van der Waals surface area contributed by atoms with Crippen LogP contribution in [0.5, 0.6) is 11.5 Å². The number of aryl methyl sites for hydroxylation is 1. The number of halogens is 2. The molecule has 1 atom stereocenters. The monoisotopic (exact) mass is 412 g/mol. The summed E-state index contributed by atoms with van der Waals surface area (Å²) in [7, 11) is 3.36. The highest BCUT2D eigenvalue weighted by atomic mass is 79.9. The Morgan fingerprint density at radius 1 is 0.952 bits per heavy atom. The molecular weight excluding hydrogens is 396 g/mol. The average Bonchev–Trinajstić information content (AvgIpc) is 2.52. The summed E-state index contributed by atoms with van der Waals surface area (Å²) < 4.78 is 11.5. The van der Waals surface area contributed by atoms with Crippen LogP contribution in [0.3, 0.4) is 0 Å². The molecule has 1 unspecified atom stereocenters. The molecule has 0 amide bonds. The topological polar surface area (TPSA) is 18.5 Å². The van der Waals surface area contributed by atoms with Crippen molar-refractivity contribution in [2.24, 2.45) is 0 Å². The SMILES string of the molecule is COc1ccc(CCC(Br)c2ccc(OC)cc2Br)cc1. The molecule has 0 heterocycles. The van der Waals surface area contributed by atoms with E-state index in [-0.39, 0.29) is 0 Å². The van der Waals surface area contributed by atoms with Gasteiger partial charge in [-0.1, -0.05) is 50.1 Å². The van der Waals surface area contributed by atoms with Crippen LogP contribution in [-0.2, 0) is 6.42 Å². The van der Waals surface area contributed by atoms with Gasteiger partial charge in [0.05, 0.1) is 14.2 Å². The molecule has 2 aromatic rings. The predicted octanol–water partition coefficient (Wildman–Crippen LogP) is 5.54. The summed E-state index contributed by atoms with van der Waals surface area (Å²) in [5, 5.41) is 0. The molecule has 0 N–H and O–H groups in total. The second kappa shape index (κ2) is 7.85. The van der Waals surface area contributed by atoms with Gasteiger partial charge in [0.15, 0.2) is 0 Å². The minimum absolute atomic E-state index is 0.305. The van der Waals surface area contributed by atoms with Crippen LogP contribution < -0.4 is 9.47 Å². The van der Waals surface area contributed by atoms with Gasteiger partial charge in [0.1, 0.15) is 11.5 Å². The first-order valence-corrected chi connectivity index (χ1v) is 8.45. The fourth-order valence-corrected chi connectivity index (χ4v) is 3.70. The van der Waals surface area contributed by atoms with Gasteiger partial charge in [0, 0.05) is 9.30 Å². The zero-order chi connectivity index (χ0) is 15.2. The fraction of sp³-hybridized carbons (Fsp3) is 0.294. The van der Waals surface area contributed by atoms with E-state index in [1.807, 2.05) is 24.3 Å². The van der Waals surface area contributed by atoms with E-state index in [9.17, 15) is 0 Å². The molecule has 0 spiro atoms. The van der Waals surface area contributed by atoms with Crippen molar-refractivity contribution < 1.29 is 9.47 Å². The van der Waals surface area contributed by atoms with Crippen LogP contribution in [0, 0.1) is 0 Å². The van der Waals surface area contributed by atoms with Crippen LogP contribution in [0.25, 0.3) is 0 Å². The summed E-state index contributed by atoms with van der Waals surface area (Å²) in [5.41, 5.74) is 2.55. The van der Waals surface area contributed by atoms with Crippen molar-refractivity contribution >= 4 is 31.9 Å². The van der Waals surface area contributed by atoms with E-state index in [4.69, 9.17) is 9.47 Å². The molecule has 21 heavy (non-hydrogen) atoms. The van der Waals surface area contributed by atoms with Crippen molar-refractivity contribution in [3.63, 3.8) is 0 Å². The Balaban J connectivity index is 1.99. The number of hydrogen-bond donors (Lipinski definition) is 0. The van der Waals surface area contributed by atoms with Crippen molar-refractivity contribution in [2.45, 2.75) is 17.7 Å². The molecule has 0 saturated heterocycles. The van der Waals surface area contributed by atoms with Gasteiger partial charge in [-0.2, -0.15) is 0 Å². The van der Waals surface area contributed by atoms with Gasteiger partial charge >= 0.3 is 0 Å². The van der Waals surface area contributed by atoms with E-state index in [0.717, 1.165) is 28.8 Å². The molecule has 2 rings (SSSR count). The second-order valence-electron chi connectivity index (χ2n) is 4.74.